The van der Waals surface area contributed by atoms with E-state index in [1.165, 1.54) is 23.1 Å². The lowest BCUT2D eigenvalue weighted by molar-refractivity contribution is -0.119. The Hall–Kier alpha value is -2.89. The van der Waals surface area contributed by atoms with Gasteiger partial charge in [0.15, 0.2) is 5.16 Å². The average Bonchev–Trinajstić information content (AvgIpc) is 3.43. The Morgan fingerprint density at radius 2 is 2.09 bits per heavy atom. The van der Waals surface area contributed by atoms with Crippen molar-refractivity contribution in [3.63, 3.8) is 0 Å². The molecule has 32 heavy (non-hydrogen) atoms. The van der Waals surface area contributed by atoms with Gasteiger partial charge in [-0.25, -0.2) is 4.98 Å². The minimum Gasteiger partial charge on any atom is -0.337 e. The molecule has 1 fully saturated rings. The van der Waals surface area contributed by atoms with E-state index in [1.54, 1.807) is 10.6 Å². The summed E-state index contributed by atoms with van der Waals surface area (Å²) < 4.78 is 1.56. The number of amides is 1. The highest BCUT2D eigenvalue weighted by molar-refractivity contribution is 7.99. The van der Waals surface area contributed by atoms with Crippen molar-refractivity contribution in [1.82, 2.24) is 14.9 Å². The van der Waals surface area contributed by atoms with Gasteiger partial charge in [0.05, 0.1) is 17.2 Å². The highest BCUT2D eigenvalue weighted by Crippen LogP contribution is 2.33. The fraction of sp³-hybridized carbons (Fsp3) is 0.333. The number of benzene rings is 1. The number of thiophene rings is 1. The number of thioether (sulfide) groups is 1. The van der Waals surface area contributed by atoms with Crippen LogP contribution in [0.2, 0.25) is 0 Å². The van der Waals surface area contributed by atoms with Crippen LogP contribution >= 0.6 is 23.1 Å². The second-order valence-electron chi connectivity index (χ2n) is 8.03. The number of aromatic nitrogens is 2. The number of hydrogen-bond acceptors (Lipinski definition) is 6. The maximum absolute atomic E-state index is 13.4. The van der Waals surface area contributed by atoms with Crippen LogP contribution in [-0.4, -0.2) is 26.8 Å². The maximum atomic E-state index is 13.4. The quantitative estimate of drug-likeness (QED) is 0.312. The molecule has 2 aromatic heterocycles. The van der Waals surface area contributed by atoms with E-state index < -0.39 is 5.54 Å². The van der Waals surface area contributed by atoms with Crippen LogP contribution in [0.4, 0.5) is 0 Å². The molecular formula is C24H24N4O2S2. The summed E-state index contributed by atoms with van der Waals surface area (Å²) in [6.45, 7) is 6.10. The largest absolute Gasteiger partial charge is 0.337 e. The van der Waals surface area contributed by atoms with E-state index in [9.17, 15) is 14.9 Å². The topological polar surface area (TPSA) is 87.8 Å². The number of allylic oxidation sites excluding steroid dienone is 1. The van der Waals surface area contributed by atoms with Gasteiger partial charge in [0, 0.05) is 17.5 Å². The molecule has 2 heterocycles. The molecule has 1 amide bonds. The van der Waals surface area contributed by atoms with Crippen LogP contribution in [-0.2, 0) is 11.3 Å². The Morgan fingerprint density at radius 3 is 2.75 bits per heavy atom. The predicted molar refractivity (Wildman–Crippen MR) is 130 cm³/mol. The molecule has 0 bridgehead atoms. The first kappa shape index (κ1) is 22.3. The highest BCUT2D eigenvalue weighted by Gasteiger charge is 2.35. The van der Waals surface area contributed by atoms with Crippen molar-refractivity contribution in [3.8, 4) is 17.2 Å². The van der Waals surface area contributed by atoms with Crippen LogP contribution in [0, 0.1) is 18.3 Å². The van der Waals surface area contributed by atoms with Gasteiger partial charge in [-0.1, -0.05) is 47.7 Å². The van der Waals surface area contributed by atoms with Crippen molar-refractivity contribution >= 4 is 39.2 Å². The summed E-state index contributed by atoms with van der Waals surface area (Å²) in [5.41, 5.74) is 2.10. The average molecular weight is 465 g/mol. The van der Waals surface area contributed by atoms with Gasteiger partial charge in [-0.05, 0) is 38.2 Å². The van der Waals surface area contributed by atoms with E-state index >= 15 is 0 Å². The number of rotatable bonds is 7. The van der Waals surface area contributed by atoms with Gasteiger partial charge in [-0.2, -0.15) is 5.26 Å². The molecule has 0 unspecified atom stereocenters. The first-order valence-corrected chi connectivity index (χ1v) is 12.4. The second kappa shape index (κ2) is 9.31. The number of fused-ring (bicyclic) bond motifs is 1. The zero-order chi connectivity index (χ0) is 22.7. The molecule has 0 atom stereocenters. The van der Waals surface area contributed by atoms with E-state index in [2.05, 4.69) is 18.0 Å². The zero-order valence-corrected chi connectivity index (χ0v) is 19.5. The molecule has 3 aromatic rings. The number of hydrogen-bond donors (Lipinski definition) is 1. The van der Waals surface area contributed by atoms with Crippen LogP contribution in [0.15, 0.2) is 52.3 Å². The van der Waals surface area contributed by atoms with E-state index in [1.807, 2.05) is 36.6 Å². The van der Waals surface area contributed by atoms with Crippen molar-refractivity contribution in [1.29, 1.82) is 5.26 Å². The zero-order valence-electron chi connectivity index (χ0n) is 17.9. The number of nitrogens with one attached hydrogen (secondary N) is 1. The monoisotopic (exact) mass is 464 g/mol. The van der Waals surface area contributed by atoms with Gasteiger partial charge < -0.3 is 5.32 Å². The van der Waals surface area contributed by atoms with E-state index in [4.69, 9.17) is 4.98 Å². The number of carbonyl (C=O) groups is 1. The lowest BCUT2D eigenvalue weighted by Gasteiger charge is -2.21. The van der Waals surface area contributed by atoms with Crippen LogP contribution in [0.3, 0.4) is 0 Å². The molecule has 0 spiro atoms. The molecule has 0 saturated heterocycles. The van der Waals surface area contributed by atoms with Crippen molar-refractivity contribution in [3.05, 3.63) is 58.2 Å². The maximum Gasteiger partial charge on any atom is 0.263 e. The third kappa shape index (κ3) is 4.36. The summed E-state index contributed by atoms with van der Waals surface area (Å²) in [4.78, 5) is 31.3. The Balaban J connectivity index is 1.63. The van der Waals surface area contributed by atoms with Gasteiger partial charge in [-0.15, -0.1) is 17.9 Å². The van der Waals surface area contributed by atoms with Crippen molar-refractivity contribution in [2.45, 2.75) is 49.8 Å². The van der Waals surface area contributed by atoms with Crippen LogP contribution in [0.25, 0.3) is 21.3 Å². The Bertz CT molecular complexity index is 1260. The van der Waals surface area contributed by atoms with Crippen LogP contribution < -0.4 is 10.9 Å². The molecule has 1 N–H and O–H groups in total. The summed E-state index contributed by atoms with van der Waals surface area (Å²) in [5.74, 6) is -0.126. The Morgan fingerprint density at radius 1 is 1.38 bits per heavy atom. The van der Waals surface area contributed by atoms with Crippen molar-refractivity contribution in [2.75, 3.05) is 5.75 Å². The molecule has 0 radical (unpaired) electrons. The number of aryl methyl sites for hydroxylation is 1. The third-order valence-corrected chi connectivity index (χ3v) is 7.56. The molecule has 1 aliphatic carbocycles. The summed E-state index contributed by atoms with van der Waals surface area (Å²) >= 11 is 2.64. The fourth-order valence-electron chi connectivity index (χ4n) is 4.03. The van der Waals surface area contributed by atoms with Crippen molar-refractivity contribution in [2.24, 2.45) is 0 Å². The molecular weight excluding hydrogens is 440 g/mol. The first-order valence-electron chi connectivity index (χ1n) is 10.5. The van der Waals surface area contributed by atoms with Gasteiger partial charge in [0.2, 0.25) is 5.91 Å². The number of nitrogens with zero attached hydrogens (tertiary/aromatic N) is 3. The smallest absolute Gasteiger partial charge is 0.263 e. The predicted octanol–water partition coefficient (Wildman–Crippen LogP) is 4.66. The normalized spacial score (nSPS) is 14.9. The minimum atomic E-state index is -0.757. The first-order chi connectivity index (χ1) is 15.5. The molecule has 1 aliphatic rings. The standard InChI is InChI=1S/C24H24N4O2S2/c1-3-12-28-22(30)20-18(17-8-6-16(2)7-9-17)13-31-21(20)26-23(28)32-14-19(29)27-24(15-25)10-4-5-11-24/h3,6-9,13H,1,4-5,10-12,14H2,2H3,(H,27,29). The summed E-state index contributed by atoms with van der Waals surface area (Å²) in [7, 11) is 0. The molecule has 0 aliphatic heterocycles. The minimum absolute atomic E-state index is 0.0920. The molecule has 164 valence electrons. The Kier molecular flexibility index (Phi) is 6.49. The lowest BCUT2D eigenvalue weighted by Crippen LogP contribution is -2.45. The second-order valence-corrected chi connectivity index (χ2v) is 9.83. The SMILES string of the molecule is C=CCn1c(SCC(=O)NC2(C#N)CCCC2)nc2scc(-c3ccc(C)cc3)c2c1=O. The fourth-order valence-corrected chi connectivity index (χ4v) is 5.82. The molecule has 6 nitrogen and oxygen atoms in total. The summed E-state index contributed by atoms with van der Waals surface area (Å²) in [6.07, 6.45) is 4.91. The molecule has 1 aromatic carbocycles. The molecule has 1 saturated carbocycles. The third-order valence-electron chi connectivity index (χ3n) is 5.72. The van der Waals surface area contributed by atoms with E-state index in [0.717, 1.165) is 29.5 Å². The van der Waals surface area contributed by atoms with Gasteiger partial charge in [-0.3, -0.25) is 14.2 Å². The number of nitriles is 1. The summed E-state index contributed by atoms with van der Waals surface area (Å²) in [5, 5.41) is 15.4. The number of carbonyl (C=O) groups excluding carboxylic acids is 1. The van der Waals surface area contributed by atoms with Gasteiger partial charge >= 0.3 is 0 Å². The van der Waals surface area contributed by atoms with E-state index in [-0.39, 0.29) is 17.2 Å². The molecule has 8 heteroatoms. The molecule has 4 rings (SSSR count). The van der Waals surface area contributed by atoms with Crippen LogP contribution in [0.1, 0.15) is 31.2 Å². The van der Waals surface area contributed by atoms with Crippen molar-refractivity contribution < 1.29 is 4.79 Å². The summed E-state index contributed by atoms with van der Waals surface area (Å²) in [6, 6.07) is 10.3. The lowest BCUT2D eigenvalue weighted by atomic mass is 10.0. The van der Waals surface area contributed by atoms with Gasteiger partial charge in [0.25, 0.3) is 5.56 Å². The van der Waals surface area contributed by atoms with Crippen LogP contribution in [0.5, 0.6) is 0 Å². The van der Waals surface area contributed by atoms with Gasteiger partial charge in [0.1, 0.15) is 10.4 Å². The Labute approximate surface area is 195 Å². The highest BCUT2D eigenvalue weighted by atomic mass is 32.2. The van der Waals surface area contributed by atoms with E-state index in [0.29, 0.717) is 34.8 Å².